The van der Waals surface area contributed by atoms with E-state index in [9.17, 15) is 10.2 Å². The fraction of sp³-hybridized carbons (Fsp3) is 0. The molecule has 0 aliphatic heterocycles. The topological polar surface area (TPSA) is 94.4 Å². The van der Waals surface area contributed by atoms with Gasteiger partial charge in [-0.25, -0.2) is 0 Å². The molecule has 0 atom stereocenters. The molecule has 0 spiro atoms. The molecular formula is C13H8N4O2. The number of nitrogens with zero attached hydrogens (tertiary/aromatic N) is 4. The van der Waals surface area contributed by atoms with Crippen LogP contribution in [0, 0.1) is 11.3 Å². The number of hydrogen-bond acceptors (Lipinski definition) is 5. The maximum Gasteiger partial charge on any atom is 0.175 e. The number of aromatic hydroxyl groups is 2. The third-order valence-electron chi connectivity index (χ3n) is 2.78. The van der Waals surface area contributed by atoms with Gasteiger partial charge in [0.25, 0.3) is 0 Å². The van der Waals surface area contributed by atoms with Crippen molar-refractivity contribution in [1.82, 2.24) is 14.6 Å². The van der Waals surface area contributed by atoms with Crippen molar-refractivity contribution in [2.45, 2.75) is 0 Å². The number of phenolic OH excluding ortho intramolecular Hbond substituents is 2. The van der Waals surface area contributed by atoms with Crippen LogP contribution in [-0.2, 0) is 0 Å². The quantitative estimate of drug-likeness (QED) is 0.687. The number of phenols is 2. The van der Waals surface area contributed by atoms with Crippen LogP contribution in [0.25, 0.3) is 17.0 Å². The summed E-state index contributed by atoms with van der Waals surface area (Å²) in [6.07, 6.45) is 1.62. The molecule has 2 N–H and O–H groups in total. The summed E-state index contributed by atoms with van der Waals surface area (Å²) >= 11 is 0. The maximum absolute atomic E-state index is 9.83. The van der Waals surface area contributed by atoms with Crippen molar-refractivity contribution in [3.05, 3.63) is 42.1 Å². The second-order valence-electron chi connectivity index (χ2n) is 3.95. The standard InChI is InChI=1S/C13H8N4O2/c14-7-8-4-5-17-11(6-8)15-16-13(17)12-9(18)2-1-3-10(12)19/h1-6,18-19H. The van der Waals surface area contributed by atoms with Gasteiger partial charge in [0, 0.05) is 12.3 Å². The minimum atomic E-state index is -0.0846. The van der Waals surface area contributed by atoms with Crippen LogP contribution in [0.15, 0.2) is 36.5 Å². The van der Waals surface area contributed by atoms with Gasteiger partial charge in [0.05, 0.1) is 11.6 Å². The van der Waals surface area contributed by atoms with Crippen LogP contribution in [0.2, 0.25) is 0 Å². The molecule has 0 radical (unpaired) electrons. The Bertz CT molecular complexity index is 797. The van der Waals surface area contributed by atoms with E-state index in [-0.39, 0.29) is 17.1 Å². The largest absolute Gasteiger partial charge is 0.507 e. The molecule has 0 amide bonds. The van der Waals surface area contributed by atoms with Crippen molar-refractivity contribution in [2.24, 2.45) is 0 Å². The molecule has 6 heteroatoms. The lowest BCUT2D eigenvalue weighted by atomic mass is 10.1. The molecule has 0 saturated heterocycles. The van der Waals surface area contributed by atoms with Crippen LogP contribution < -0.4 is 0 Å². The number of pyridine rings is 1. The van der Waals surface area contributed by atoms with E-state index in [1.165, 1.54) is 18.2 Å². The fourth-order valence-electron chi connectivity index (χ4n) is 1.89. The molecule has 6 nitrogen and oxygen atoms in total. The molecule has 19 heavy (non-hydrogen) atoms. The zero-order chi connectivity index (χ0) is 13.4. The minimum absolute atomic E-state index is 0.0846. The highest BCUT2D eigenvalue weighted by atomic mass is 16.3. The van der Waals surface area contributed by atoms with Crippen molar-refractivity contribution < 1.29 is 10.2 Å². The monoisotopic (exact) mass is 252 g/mol. The van der Waals surface area contributed by atoms with E-state index < -0.39 is 0 Å². The average molecular weight is 252 g/mol. The highest BCUT2D eigenvalue weighted by molar-refractivity contribution is 5.72. The second kappa shape index (κ2) is 3.99. The lowest BCUT2D eigenvalue weighted by molar-refractivity contribution is 0.453. The van der Waals surface area contributed by atoms with Gasteiger partial charge in [-0.1, -0.05) is 6.07 Å². The average Bonchev–Trinajstić information content (AvgIpc) is 2.81. The molecular weight excluding hydrogens is 244 g/mol. The molecule has 2 aromatic heterocycles. The Morgan fingerprint density at radius 1 is 1.11 bits per heavy atom. The Morgan fingerprint density at radius 2 is 1.84 bits per heavy atom. The smallest absolute Gasteiger partial charge is 0.175 e. The first-order valence-corrected chi connectivity index (χ1v) is 5.47. The third-order valence-corrected chi connectivity index (χ3v) is 2.78. The van der Waals surface area contributed by atoms with E-state index in [1.54, 1.807) is 22.7 Å². The van der Waals surface area contributed by atoms with Crippen LogP contribution >= 0.6 is 0 Å². The van der Waals surface area contributed by atoms with Gasteiger partial charge >= 0.3 is 0 Å². The van der Waals surface area contributed by atoms with Crippen molar-refractivity contribution in [3.63, 3.8) is 0 Å². The fourth-order valence-corrected chi connectivity index (χ4v) is 1.89. The molecule has 0 saturated carbocycles. The predicted molar refractivity (Wildman–Crippen MR) is 66.5 cm³/mol. The Kier molecular flexibility index (Phi) is 2.32. The molecule has 0 unspecified atom stereocenters. The molecule has 2 heterocycles. The first kappa shape index (κ1) is 11.0. The highest BCUT2D eigenvalue weighted by Crippen LogP contribution is 2.35. The van der Waals surface area contributed by atoms with Crippen LogP contribution in [0.3, 0.4) is 0 Å². The molecule has 0 bridgehead atoms. The summed E-state index contributed by atoms with van der Waals surface area (Å²) in [5.74, 6) is 0.146. The Hall–Kier alpha value is -3.07. The number of benzene rings is 1. The SMILES string of the molecule is N#Cc1ccn2c(-c3c(O)cccc3O)nnc2c1. The first-order valence-electron chi connectivity index (χ1n) is 5.47. The molecule has 1 aromatic carbocycles. The van der Waals surface area contributed by atoms with Crippen LogP contribution in [-0.4, -0.2) is 24.8 Å². The van der Waals surface area contributed by atoms with Crippen LogP contribution in [0.5, 0.6) is 11.5 Å². The van der Waals surface area contributed by atoms with Gasteiger partial charge in [0.2, 0.25) is 0 Å². The van der Waals surface area contributed by atoms with Gasteiger partial charge in [-0.05, 0) is 18.2 Å². The van der Waals surface area contributed by atoms with Gasteiger partial charge < -0.3 is 10.2 Å². The molecule has 0 fully saturated rings. The highest BCUT2D eigenvalue weighted by Gasteiger charge is 2.16. The molecule has 0 aliphatic rings. The summed E-state index contributed by atoms with van der Waals surface area (Å²) in [4.78, 5) is 0. The molecule has 3 rings (SSSR count). The number of rotatable bonds is 1. The summed E-state index contributed by atoms with van der Waals surface area (Å²) in [5.41, 5.74) is 1.14. The first-order chi connectivity index (χ1) is 9.20. The van der Waals surface area contributed by atoms with E-state index in [4.69, 9.17) is 5.26 Å². The van der Waals surface area contributed by atoms with Gasteiger partial charge in [-0.2, -0.15) is 5.26 Å². The number of nitriles is 1. The maximum atomic E-state index is 9.83. The lowest BCUT2D eigenvalue weighted by Crippen LogP contribution is -1.91. The summed E-state index contributed by atoms with van der Waals surface area (Å²) < 4.78 is 1.59. The van der Waals surface area contributed by atoms with Gasteiger partial charge in [0.1, 0.15) is 17.1 Å². The number of hydrogen-bond donors (Lipinski definition) is 2. The zero-order valence-electron chi connectivity index (χ0n) is 9.65. The molecule has 3 aromatic rings. The van der Waals surface area contributed by atoms with E-state index in [0.717, 1.165) is 0 Å². The van der Waals surface area contributed by atoms with Crippen molar-refractivity contribution >= 4 is 5.65 Å². The molecule has 92 valence electrons. The van der Waals surface area contributed by atoms with Crippen molar-refractivity contribution in [2.75, 3.05) is 0 Å². The lowest BCUT2D eigenvalue weighted by Gasteiger charge is -2.05. The Balaban J connectivity index is 2.30. The molecule has 0 aliphatic carbocycles. The summed E-state index contributed by atoms with van der Waals surface area (Å²) in [6, 6.07) is 9.65. The Labute approximate surface area is 107 Å². The summed E-state index contributed by atoms with van der Waals surface area (Å²) in [6.45, 7) is 0. The normalized spacial score (nSPS) is 10.5. The third kappa shape index (κ3) is 1.65. The van der Waals surface area contributed by atoms with E-state index in [1.807, 2.05) is 6.07 Å². The predicted octanol–water partition coefficient (Wildman–Crippen LogP) is 1.68. The number of aromatic nitrogens is 3. The Morgan fingerprint density at radius 3 is 2.53 bits per heavy atom. The van der Waals surface area contributed by atoms with Crippen LogP contribution in [0.4, 0.5) is 0 Å². The number of fused-ring (bicyclic) bond motifs is 1. The van der Waals surface area contributed by atoms with Gasteiger partial charge in [-0.3, -0.25) is 4.40 Å². The summed E-state index contributed by atoms with van der Waals surface area (Å²) in [5, 5.41) is 36.4. The van der Waals surface area contributed by atoms with Crippen molar-refractivity contribution in [1.29, 1.82) is 5.26 Å². The summed E-state index contributed by atoms with van der Waals surface area (Å²) in [7, 11) is 0. The van der Waals surface area contributed by atoms with Crippen LogP contribution in [0.1, 0.15) is 5.56 Å². The van der Waals surface area contributed by atoms with E-state index in [2.05, 4.69) is 10.2 Å². The van der Waals surface area contributed by atoms with Crippen molar-refractivity contribution in [3.8, 4) is 29.0 Å². The van der Waals surface area contributed by atoms with Gasteiger partial charge in [-0.15, -0.1) is 10.2 Å². The van der Waals surface area contributed by atoms with E-state index >= 15 is 0 Å². The zero-order valence-corrected chi connectivity index (χ0v) is 9.65. The minimum Gasteiger partial charge on any atom is -0.507 e. The second-order valence-corrected chi connectivity index (χ2v) is 3.95. The van der Waals surface area contributed by atoms with E-state index in [0.29, 0.717) is 17.0 Å². The van der Waals surface area contributed by atoms with Gasteiger partial charge in [0.15, 0.2) is 11.5 Å².